The SMILES string of the molecule is CCOCCS(=O)(=O)N(CC1CCCCN1)C(C)C. The summed E-state index contributed by atoms with van der Waals surface area (Å²) >= 11 is 0. The van der Waals surface area contributed by atoms with Gasteiger partial charge in [0.25, 0.3) is 0 Å². The maximum absolute atomic E-state index is 12.3. The normalized spacial score (nSPS) is 21.2. The molecule has 1 atom stereocenters. The molecule has 0 bridgehead atoms. The minimum Gasteiger partial charge on any atom is -0.381 e. The van der Waals surface area contributed by atoms with Gasteiger partial charge in [-0.1, -0.05) is 6.42 Å². The van der Waals surface area contributed by atoms with E-state index in [4.69, 9.17) is 4.74 Å². The molecule has 5 nitrogen and oxygen atoms in total. The van der Waals surface area contributed by atoms with Gasteiger partial charge in [-0.05, 0) is 40.2 Å². The highest BCUT2D eigenvalue weighted by molar-refractivity contribution is 7.89. The van der Waals surface area contributed by atoms with E-state index in [-0.39, 0.29) is 24.4 Å². The highest BCUT2D eigenvalue weighted by Crippen LogP contribution is 2.14. The molecule has 1 heterocycles. The first-order valence-electron chi connectivity index (χ1n) is 7.28. The van der Waals surface area contributed by atoms with Crippen molar-refractivity contribution in [2.24, 2.45) is 0 Å². The fourth-order valence-corrected chi connectivity index (χ4v) is 3.98. The molecular weight excluding hydrogens is 264 g/mol. The molecule has 1 unspecified atom stereocenters. The van der Waals surface area contributed by atoms with E-state index in [1.165, 1.54) is 12.8 Å². The van der Waals surface area contributed by atoms with Crippen LogP contribution in [0.4, 0.5) is 0 Å². The van der Waals surface area contributed by atoms with Gasteiger partial charge in [-0.3, -0.25) is 0 Å². The Morgan fingerprint density at radius 3 is 2.63 bits per heavy atom. The van der Waals surface area contributed by atoms with E-state index in [0.29, 0.717) is 13.2 Å². The summed E-state index contributed by atoms with van der Waals surface area (Å²) in [7, 11) is -3.22. The number of rotatable bonds is 8. The van der Waals surface area contributed by atoms with Gasteiger partial charge in [-0.25, -0.2) is 8.42 Å². The first-order valence-corrected chi connectivity index (χ1v) is 8.89. The summed E-state index contributed by atoms with van der Waals surface area (Å²) < 4.78 is 31.5. The van der Waals surface area contributed by atoms with Gasteiger partial charge in [-0.2, -0.15) is 4.31 Å². The summed E-state index contributed by atoms with van der Waals surface area (Å²) in [5, 5.41) is 3.41. The highest BCUT2D eigenvalue weighted by Gasteiger charge is 2.28. The van der Waals surface area contributed by atoms with Gasteiger partial charge in [-0.15, -0.1) is 0 Å². The zero-order valence-electron chi connectivity index (χ0n) is 12.4. The Bertz CT molecular complexity index is 338. The number of sulfonamides is 1. The lowest BCUT2D eigenvalue weighted by molar-refractivity contribution is 0.161. The summed E-state index contributed by atoms with van der Waals surface area (Å²) in [5.41, 5.74) is 0. The third kappa shape index (κ3) is 5.77. The molecule has 6 heteroatoms. The topological polar surface area (TPSA) is 58.6 Å². The van der Waals surface area contributed by atoms with Crippen molar-refractivity contribution in [2.45, 2.75) is 52.1 Å². The second kappa shape index (κ2) is 8.19. The highest BCUT2D eigenvalue weighted by atomic mass is 32.2. The van der Waals surface area contributed by atoms with Gasteiger partial charge in [0, 0.05) is 25.2 Å². The molecule has 1 aliphatic rings. The van der Waals surface area contributed by atoms with Crippen molar-refractivity contribution in [2.75, 3.05) is 32.1 Å². The predicted molar refractivity (Wildman–Crippen MR) is 77.8 cm³/mol. The van der Waals surface area contributed by atoms with Crippen LogP contribution in [-0.2, 0) is 14.8 Å². The molecular formula is C13H28N2O3S. The van der Waals surface area contributed by atoms with E-state index in [0.717, 1.165) is 13.0 Å². The van der Waals surface area contributed by atoms with Crippen LogP contribution >= 0.6 is 0 Å². The number of nitrogens with zero attached hydrogens (tertiary/aromatic N) is 1. The van der Waals surface area contributed by atoms with E-state index >= 15 is 0 Å². The number of hydrogen-bond acceptors (Lipinski definition) is 4. The maximum Gasteiger partial charge on any atom is 0.216 e. The number of hydrogen-bond donors (Lipinski definition) is 1. The average molecular weight is 292 g/mol. The molecule has 0 radical (unpaired) electrons. The van der Waals surface area contributed by atoms with Gasteiger partial charge in [0.2, 0.25) is 10.0 Å². The first-order chi connectivity index (χ1) is 8.97. The van der Waals surface area contributed by atoms with Crippen LogP contribution in [0.2, 0.25) is 0 Å². The molecule has 0 aromatic carbocycles. The zero-order chi connectivity index (χ0) is 14.3. The largest absolute Gasteiger partial charge is 0.381 e. The maximum atomic E-state index is 12.3. The summed E-state index contributed by atoms with van der Waals surface area (Å²) in [6, 6.07) is 0.286. The zero-order valence-corrected chi connectivity index (χ0v) is 13.2. The Labute approximate surface area is 117 Å². The molecule has 0 saturated carbocycles. The number of nitrogens with one attached hydrogen (secondary N) is 1. The molecule has 0 spiro atoms. The van der Waals surface area contributed by atoms with E-state index < -0.39 is 10.0 Å². The summed E-state index contributed by atoms with van der Waals surface area (Å²) in [6.07, 6.45) is 3.43. The van der Waals surface area contributed by atoms with Crippen LogP contribution in [0.3, 0.4) is 0 Å². The Kier molecular flexibility index (Phi) is 7.28. The molecule has 1 saturated heterocycles. The van der Waals surface area contributed by atoms with E-state index in [9.17, 15) is 8.42 Å². The molecule has 0 aliphatic carbocycles. The second-order valence-corrected chi connectivity index (χ2v) is 7.36. The molecule has 0 aromatic heterocycles. The van der Waals surface area contributed by atoms with Crippen LogP contribution in [0.25, 0.3) is 0 Å². The van der Waals surface area contributed by atoms with Crippen molar-refractivity contribution >= 4 is 10.0 Å². The third-order valence-electron chi connectivity index (χ3n) is 3.44. The van der Waals surface area contributed by atoms with Crippen LogP contribution in [-0.4, -0.2) is 56.9 Å². The van der Waals surface area contributed by atoms with Crippen LogP contribution in [0, 0.1) is 0 Å². The smallest absolute Gasteiger partial charge is 0.216 e. The Balaban J connectivity index is 2.59. The Hall–Kier alpha value is -0.170. The molecule has 19 heavy (non-hydrogen) atoms. The van der Waals surface area contributed by atoms with Crippen molar-refractivity contribution in [3.05, 3.63) is 0 Å². The summed E-state index contributed by atoms with van der Waals surface area (Å²) in [6.45, 7) is 8.14. The quantitative estimate of drug-likeness (QED) is 0.683. The standard InChI is InChI=1S/C13H28N2O3S/c1-4-18-9-10-19(16,17)15(12(2)3)11-13-7-5-6-8-14-13/h12-14H,4-11H2,1-3H3. The molecule has 1 aliphatic heterocycles. The van der Waals surface area contributed by atoms with Crippen molar-refractivity contribution in [3.8, 4) is 0 Å². The monoisotopic (exact) mass is 292 g/mol. The van der Waals surface area contributed by atoms with Crippen LogP contribution in [0.15, 0.2) is 0 Å². The lowest BCUT2D eigenvalue weighted by atomic mass is 10.1. The van der Waals surface area contributed by atoms with Crippen LogP contribution < -0.4 is 5.32 Å². The Morgan fingerprint density at radius 2 is 2.11 bits per heavy atom. The van der Waals surface area contributed by atoms with Crippen LogP contribution in [0.5, 0.6) is 0 Å². The van der Waals surface area contributed by atoms with E-state index in [1.807, 2.05) is 20.8 Å². The molecule has 0 amide bonds. The van der Waals surface area contributed by atoms with Gasteiger partial charge in [0.15, 0.2) is 0 Å². The molecule has 114 valence electrons. The van der Waals surface area contributed by atoms with Crippen molar-refractivity contribution < 1.29 is 13.2 Å². The van der Waals surface area contributed by atoms with Crippen molar-refractivity contribution in [1.29, 1.82) is 0 Å². The average Bonchev–Trinajstić information content (AvgIpc) is 2.37. The second-order valence-electron chi connectivity index (χ2n) is 5.32. The predicted octanol–water partition coefficient (Wildman–Crippen LogP) is 1.21. The van der Waals surface area contributed by atoms with Gasteiger partial charge < -0.3 is 10.1 Å². The molecule has 0 aromatic rings. The van der Waals surface area contributed by atoms with Crippen molar-refractivity contribution in [3.63, 3.8) is 0 Å². The fraction of sp³-hybridized carbons (Fsp3) is 1.00. The number of ether oxygens (including phenoxy) is 1. The van der Waals surface area contributed by atoms with E-state index in [1.54, 1.807) is 4.31 Å². The minimum atomic E-state index is -3.22. The third-order valence-corrected chi connectivity index (χ3v) is 5.40. The lowest BCUT2D eigenvalue weighted by Gasteiger charge is -2.32. The molecule has 1 N–H and O–H groups in total. The van der Waals surface area contributed by atoms with Gasteiger partial charge in [0.1, 0.15) is 0 Å². The van der Waals surface area contributed by atoms with Gasteiger partial charge in [0.05, 0.1) is 12.4 Å². The fourth-order valence-electron chi connectivity index (χ4n) is 2.37. The van der Waals surface area contributed by atoms with E-state index in [2.05, 4.69) is 5.32 Å². The van der Waals surface area contributed by atoms with Crippen LogP contribution in [0.1, 0.15) is 40.0 Å². The lowest BCUT2D eigenvalue weighted by Crippen LogP contribution is -2.49. The molecule has 1 rings (SSSR count). The Morgan fingerprint density at radius 1 is 1.37 bits per heavy atom. The summed E-state index contributed by atoms with van der Waals surface area (Å²) in [5.74, 6) is 0.0751. The molecule has 1 fully saturated rings. The number of piperidine rings is 1. The minimum absolute atomic E-state index is 0.00430. The van der Waals surface area contributed by atoms with Crippen molar-refractivity contribution in [1.82, 2.24) is 9.62 Å². The summed E-state index contributed by atoms with van der Waals surface area (Å²) in [4.78, 5) is 0. The first kappa shape index (κ1) is 16.9. The van der Waals surface area contributed by atoms with Gasteiger partial charge >= 0.3 is 0 Å².